The van der Waals surface area contributed by atoms with Crippen LogP contribution >= 0.6 is 0 Å². The van der Waals surface area contributed by atoms with Crippen LogP contribution in [0.2, 0.25) is 0 Å². The zero-order valence-corrected chi connectivity index (χ0v) is 20.2. The van der Waals surface area contributed by atoms with Crippen molar-refractivity contribution in [1.82, 2.24) is 10.4 Å². The molecule has 0 radical (unpaired) electrons. The van der Waals surface area contributed by atoms with Crippen molar-refractivity contribution >= 4 is 29.8 Å². The van der Waals surface area contributed by atoms with E-state index in [1.807, 2.05) is 0 Å². The highest BCUT2D eigenvalue weighted by Gasteiger charge is 2.28. The zero-order chi connectivity index (χ0) is 26.1. The van der Waals surface area contributed by atoms with Crippen LogP contribution in [0.3, 0.4) is 0 Å². The molecule has 2 amide bonds. The van der Waals surface area contributed by atoms with Gasteiger partial charge in [-0.3, -0.25) is 14.4 Å². The van der Waals surface area contributed by atoms with Crippen molar-refractivity contribution in [2.24, 2.45) is 0 Å². The van der Waals surface area contributed by atoms with Crippen LogP contribution in [-0.4, -0.2) is 61.9 Å². The van der Waals surface area contributed by atoms with E-state index in [-0.39, 0.29) is 49.3 Å². The van der Waals surface area contributed by atoms with E-state index in [0.717, 1.165) is 12.8 Å². The Labute approximate surface area is 207 Å². The van der Waals surface area contributed by atoms with Crippen molar-refractivity contribution in [3.8, 4) is 22.6 Å². The maximum Gasteiger partial charge on any atom is 0.513 e. The Kier molecular flexibility index (Phi) is 9.28. The molecular formula is C24H29N3O9. The van der Waals surface area contributed by atoms with Crippen LogP contribution in [0, 0.1) is 0 Å². The van der Waals surface area contributed by atoms with Crippen molar-refractivity contribution in [2.75, 3.05) is 38.6 Å². The Morgan fingerprint density at radius 3 is 1.92 bits per heavy atom. The average molecular weight is 504 g/mol. The fourth-order valence-electron chi connectivity index (χ4n) is 3.66. The van der Waals surface area contributed by atoms with Gasteiger partial charge in [0, 0.05) is 24.2 Å². The van der Waals surface area contributed by atoms with Crippen molar-refractivity contribution in [3.05, 3.63) is 29.8 Å². The van der Waals surface area contributed by atoms with E-state index in [1.54, 1.807) is 43.0 Å². The molecule has 1 saturated heterocycles. The number of ether oxygens (including phenoxy) is 4. The lowest BCUT2D eigenvalue weighted by molar-refractivity contribution is -0.143. The quantitative estimate of drug-likeness (QED) is 0.385. The predicted molar refractivity (Wildman–Crippen MR) is 126 cm³/mol. The molecule has 1 fully saturated rings. The van der Waals surface area contributed by atoms with Crippen LogP contribution in [0.15, 0.2) is 24.3 Å². The van der Waals surface area contributed by atoms with E-state index in [9.17, 15) is 19.2 Å². The minimum Gasteiger partial charge on any atom is -0.434 e. The molecule has 0 aromatic heterocycles. The van der Waals surface area contributed by atoms with E-state index in [2.05, 4.69) is 5.48 Å². The van der Waals surface area contributed by atoms with Gasteiger partial charge < -0.3 is 29.6 Å². The summed E-state index contributed by atoms with van der Waals surface area (Å²) in [7, 11) is 0. The van der Waals surface area contributed by atoms with E-state index in [1.165, 1.54) is 0 Å². The van der Waals surface area contributed by atoms with Gasteiger partial charge in [0.25, 0.3) is 5.91 Å². The number of hydrogen-bond acceptors (Lipinski definition) is 10. The topological polar surface area (TPSA) is 156 Å². The normalized spacial score (nSPS) is 12.8. The summed E-state index contributed by atoms with van der Waals surface area (Å²) in [5.41, 5.74) is 9.54. The van der Waals surface area contributed by atoms with Gasteiger partial charge in [0.05, 0.1) is 19.6 Å². The third-order valence-corrected chi connectivity index (χ3v) is 5.30. The first-order valence-corrected chi connectivity index (χ1v) is 11.6. The molecule has 0 unspecified atom stereocenters. The molecule has 3 N–H and O–H groups in total. The molecule has 36 heavy (non-hydrogen) atoms. The predicted octanol–water partition coefficient (Wildman–Crippen LogP) is 2.66. The summed E-state index contributed by atoms with van der Waals surface area (Å²) in [5, 5.41) is 0. The lowest BCUT2D eigenvalue weighted by Crippen LogP contribution is -2.35. The molecule has 0 aromatic rings. The zero-order valence-electron chi connectivity index (χ0n) is 20.2. The number of nitrogens with one attached hydrogen (secondary N) is 1. The molecular weight excluding hydrogens is 474 g/mol. The number of hydroxylamine groups is 1. The summed E-state index contributed by atoms with van der Waals surface area (Å²) >= 11 is 0. The second-order valence-electron chi connectivity index (χ2n) is 7.79. The number of nitrogen functional groups attached to an aromatic ring is 1. The molecule has 1 aliphatic heterocycles. The van der Waals surface area contributed by atoms with Crippen LogP contribution in [0.4, 0.5) is 15.3 Å². The van der Waals surface area contributed by atoms with Crippen molar-refractivity contribution in [3.63, 3.8) is 0 Å². The molecule has 0 saturated carbocycles. The molecule has 194 valence electrons. The lowest BCUT2D eigenvalue weighted by Gasteiger charge is -2.14. The largest absolute Gasteiger partial charge is 0.513 e. The summed E-state index contributed by atoms with van der Waals surface area (Å²) in [5.74, 6) is -0.768. The molecule has 0 atom stereocenters. The minimum absolute atomic E-state index is 0.0573. The summed E-state index contributed by atoms with van der Waals surface area (Å²) in [4.78, 5) is 55.0. The van der Waals surface area contributed by atoms with Crippen LogP contribution in [0.25, 0.3) is 11.1 Å². The van der Waals surface area contributed by atoms with Crippen LogP contribution in [0.1, 0.15) is 32.3 Å². The molecule has 0 bridgehead atoms. The average Bonchev–Trinajstić information content (AvgIpc) is 3.39. The third kappa shape index (κ3) is 6.75. The number of fused-ring (bicyclic) bond motifs is 1. The lowest BCUT2D eigenvalue weighted by atomic mass is 10.2. The maximum atomic E-state index is 12.3. The molecule has 0 aromatic carbocycles. The molecule has 3 rings (SSSR count). The highest BCUT2D eigenvalue weighted by Crippen LogP contribution is 2.50. The minimum atomic E-state index is -0.981. The van der Waals surface area contributed by atoms with E-state index < -0.39 is 18.2 Å². The molecule has 12 heteroatoms. The van der Waals surface area contributed by atoms with Gasteiger partial charge in [-0.1, -0.05) is 24.3 Å². The number of carbonyl (C=O) groups is 4. The number of amides is 2. The van der Waals surface area contributed by atoms with Gasteiger partial charge in [0.2, 0.25) is 5.91 Å². The Hall–Kier alpha value is -4.06. The van der Waals surface area contributed by atoms with Gasteiger partial charge in [-0.2, -0.15) is 0 Å². The van der Waals surface area contributed by atoms with E-state index in [4.69, 9.17) is 29.5 Å². The van der Waals surface area contributed by atoms with Gasteiger partial charge in [-0.15, -0.1) is 0 Å². The smallest absolute Gasteiger partial charge is 0.434 e. The summed E-state index contributed by atoms with van der Waals surface area (Å²) in [6.07, 6.45) is -0.113. The van der Waals surface area contributed by atoms with Crippen LogP contribution in [-0.2, 0) is 30.3 Å². The second kappa shape index (κ2) is 12.6. The Morgan fingerprint density at radius 1 is 0.889 bits per heavy atom. The summed E-state index contributed by atoms with van der Waals surface area (Å²) < 4.78 is 20.1. The van der Waals surface area contributed by atoms with Crippen LogP contribution < -0.4 is 20.7 Å². The van der Waals surface area contributed by atoms with Gasteiger partial charge in [0.15, 0.2) is 18.1 Å². The molecule has 2 aliphatic carbocycles. The highest BCUT2D eigenvalue weighted by atomic mass is 16.7. The van der Waals surface area contributed by atoms with Gasteiger partial charge in [0.1, 0.15) is 5.69 Å². The summed E-state index contributed by atoms with van der Waals surface area (Å²) in [6.45, 7) is 4.55. The first kappa shape index (κ1) is 26.5. The van der Waals surface area contributed by atoms with Gasteiger partial charge in [-0.05, 0) is 32.3 Å². The van der Waals surface area contributed by atoms with Crippen molar-refractivity contribution in [2.45, 2.75) is 33.1 Å². The SMILES string of the molecule is CCOC(=O)Oc1c2ccc(CC(=O)NOCC(=O)N3CCCC3)ccc-2c(OC(=O)OCC)c1N. The standard InChI is InChI=1S/C24H29N3O9/c1-3-32-23(30)35-21-16-9-7-15(8-10-17(16)22(20(21)25)36-24(31)33-4-2)13-18(28)26-34-14-19(29)27-11-5-6-12-27/h7-10H,3-6,11-14,25H2,1-2H3,(H,26,28). The maximum absolute atomic E-state index is 12.3. The van der Waals surface area contributed by atoms with Crippen LogP contribution in [0.5, 0.6) is 11.5 Å². The third-order valence-electron chi connectivity index (χ3n) is 5.30. The number of hydrogen-bond donors (Lipinski definition) is 2. The first-order valence-electron chi connectivity index (χ1n) is 11.6. The number of nitrogens with two attached hydrogens (primary N) is 1. The Morgan fingerprint density at radius 2 is 1.42 bits per heavy atom. The number of rotatable bonds is 9. The van der Waals surface area contributed by atoms with Gasteiger partial charge in [-0.25, -0.2) is 15.1 Å². The van der Waals surface area contributed by atoms with E-state index >= 15 is 0 Å². The Bertz CT molecular complexity index is 1030. The first-order chi connectivity index (χ1) is 17.3. The Balaban J connectivity index is 1.75. The number of carbonyl (C=O) groups excluding carboxylic acids is 4. The fraction of sp³-hybridized carbons (Fsp3) is 0.417. The van der Waals surface area contributed by atoms with Crippen molar-refractivity contribution < 1.29 is 43.0 Å². The van der Waals surface area contributed by atoms with Crippen molar-refractivity contribution in [1.29, 1.82) is 0 Å². The molecule has 12 nitrogen and oxygen atoms in total. The fourth-order valence-corrected chi connectivity index (χ4v) is 3.66. The molecule has 0 spiro atoms. The number of anilines is 1. The van der Waals surface area contributed by atoms with Gasteiger partial charge >= 0.3 is 12.3 Å². The van der Waals surface area contributed by atoms with E-state index in [0.29, 0.717) is 29.8 Å². The molecule has 1 heterocycles. The summed E-state index contributed by atoms with van der Waals surface area (Å²) in [6, 6.07) is 6.36. The molecule has 3 aliphatic rings. The second-order valence-corrected chi connectivity index (χ2v) is 7.79. The monoisotopic (exact) mass is 503 g/mol. The number of likely N-dealkylation sites (tertiary alicyclic amines) is 1. The number of nitrogens with zero attached hydrogens (tertiary/aromatic N) is 1. The highest BCUT2D eigenvalue weighted by molar-refractivity contribution is 5.95.